The molecule has 1 N–H and O–H groups in total. The van der Waals surface area contributed by atoms with E-state index < -0.39 is 23.2 Å². The van der Waals surface area contributed by atoms with E-state index in [2.05, 4.69) is 10.3 Å². The molecular weight excluding hydrogens is 386 g/mol. The number of benzene rings is 1. The van der Waals surface area contributed by atoms with Crippen molar-refractivity contribution < 1.29 is 23.4 Å². The van der Waals surface area contributed by atoms with E-state index in [9.17, 15) is 13.6 Å². The highest BCUT2D eigenvalue weighted by atomic mass is 32.1. The second-order valence-corrected chi connectivity index (χ2v) is 7.00. The van der Waals surface area contributed by atoms with Gasteiger partial charge < -0.3 is 5.32 Å². The van der Waals surface area contributed by atoms with Crippen LogP contribution in [0.25, 0.3) is 10.4 Å². The quantitative estimate of drug-likeness (QED) is 0.337. The highest BCUT2D eigenvalue weighted by Gasteiger charge is 2.16. The molecule has 3 aromatic rings. The smallest absolute Gasteiger partial charge is 0.265 e. The van der Waals surface area contributed by atoms with Crippen molar-refractivity contribution in [3.05, 3.63) is 70.4 Å². The molecule has 0 spiro atoms. The number of hydrogen-bond acceptors (Lipinski definition) is 5. The first-order valence-electron chi connectivity index (χ1n) is 8.54. The van der Waals surface area contributed by atoms with Crippen molar-refractivity contribution in [1.29, 1.82) is 0 Å². The van der Waals surface area contributed by atoms with E-state index >= 15 is 0 Å². The van der Waals surface area contributed by atoms with E-state index in [0.717, 1.165) is 34.0 Å². The summed E-state index contributed by atoms with van der Waals surface area (Å²) in [5, 5.41) is 2.26. The van der Waals surface area contributed by atoms with Gasteiger partial charge in [0.15, 0.2) is 11.6 Å². The number of halogens is 2. The van der Waals surface area contributed by atoms with E-state index in [1.54, 1.807) is 12.1 Å². The Hall–Kier alpha value is -2.68. The van der Waals surface area contributed by atoms with Crippen LogP contribution in [0.4, 0.5) is 14.5 Å². The van der Waals surface area contributed by atoms with Crippen molar-refractivity contribution in [2.24, 2.45) is 0 Å². The monoisotopic (exact) mass is 404 g/mol. The Labute approximate surface area is 164 Å². The first kappa shape index (κ1) is 20.1. The van der Waals surface area contributed by atoms with Gasteiger partial charge in [0.2, 0.25) is 0 Å². The van der Waals surface area contributed by atoms with Crippen LogP contribution < -0.4 is 5.32 Å². The van der Waals surface area contributed by atoms with Gasteiger partial charge in [0.25, 0.3) is 5.91 Å². The minimum Gasteiger partial charge on any atom is -0.316 e. The number of nitrogens with zero attached hydrogens (tertiary/aromatic N) is 1. The van der Waals surface area contributed by atoms with Gasteiger partial charge in [-0.25, -0.2) is 18.6 Å². The van der Waals surface area contributed by atoms with Crippen LogP contribution in [0.1, 0.15) is 27.7 Å². The topological polar surface area (TPSA) is 60.5 Å². The zero-order valence-corrected chi connectivity index (χ0v) is 16.1. The van der Waals surface area contributed by atoms with Gasteiger partial charge >= 0.3 is 0 Å². The van der Waals surface area contributed by atoms with Crippen molar-refractivity contribution in [3.63, 3.8) is 0 Å². The molecule has 2 aromatic heterocycles. The molecule has 1 aromatic carbocycles. The number of carbonyl (C=O) groups is 1. The Morgan fingerprint density at radius 1 is 1.14 bits per heavy atom. The summed E-state index contributed by atoms with van der Waals surface area (Å²) in [7, 11) is 0. The predicted octanol–water partition coefficient (Wildman–Crippen LogP) is 5.12. The van der Waals surface area contributed by atoms with Gasteiger partial charge in [0.05, 0.1) is 23.9 Å². The Kier molecular flexibility index (Phi) is 6.45. The number of thiophene rings is 1. The fraction of sp³-hybridized carbons (Fsp3) is 0.200. The summed E-state index contributed by atoms with van der Waals surface area (Å²) in [4.78, 5) is 27.0. The van der Waals surface area contributed by atoms with Crippen molar-refractivity contribution >= 4 is 22.9 Å². The molecule has 0 saturated heterocycles. The highest BCUT2D eigenvalue weighted by molar-refractivity contribution is 7.17. The van der Waals surface area contributed by atoms with Gasteiger partial charge in [-0.2, -0.15) is 0 Å². The normalized spacial score (nSPS) is 10.9. The van der Waals surface area contributed by atoms with Crippen molar-refractivity contribution in [2.75, 3.05) is 11.9 Å². The molecule has 8 heteroatoms. The lowest BCUT2D eigenvalue weighted by Crippen LogP contribution is -2.13. The lowest BCUT2D eigenvalue weighted by Gasteiger charge is -2.08. The number of aryl methyl sites for hydroxylation is 1. The van der Waals surface area contributed by atoms with E-state index in [4.69, 9.17) is 9.78 Å². The van der Waals surface area contributed by atoms with E-state index in [1.165, 1.54) is 11.3 Å². The number of pyridine rings is 1. The van der Waals surface area contributed by atoms with Gasteiger partial charge in [0, 0.05) is 4.88 Å². The Balaban J connectivity index is 1.80. The van der Waals surface area contributed by atoms with Crippen molar-refractivity contribution in [3.8, 4) is 10.4 Å². The van der Waals surface area contributed by atoms with Gasteiger partial charge in [-0.1, -0.05) is 12.1 Å². The van der Waals surface area contributed by atoms with E-state index in [1.807, 2.05) is 32.0 Å². The van der Waals surface area contributed by atoms with Crippen LogP contribution in [0.5, 0.6) is 0 Å². The largest absolute Gasteiger partial charge is 0.316 e. The molecule has 0 aliphatic carbocycles. The molecule has 0 radical (unpaired) electrons. The number of carbonyl (C=O) groups excluding carboxylic acids is 1. The maximum absolute atomic E-state index is 13.7. The summed E-state index contributed by atoms with van der Waals surface area (Å²) in [6.07, 6.45) is 1.69. The number of hydrogen-bond donors (Lipinski definition) is 1. The number of nitrogens with one attached hydrogen (secondary N) is 1. The molecule has 3 rings (SSSR count). The lowest BCUT2D eigenvalue weighted by molar-refractivity contribution is -0.300. The molecule has 0 aliphatic rings. The maximum atomic E-state index is 13.7. The molecule has 0 aliphatic heterocycles. The summed E-state index contributed by atoms with van der Waals surface area (Å²) in [5.41, 5.74) is 2.39. The predicted molar refractivity (Wildman–Crippen MR) is 103 cm³/mol. The molecule has 146 valence electrons. The molecule has 0 unspecified atom stereocenters. The Morgan fingerprint density at radius 3 is 2.61 bits per heavy atom. The first-order chi connectivity index (χ1) is 13.5. The van der Waals surface area contributed by atoms with Crippen LogP contribution in [0.15, 0.2) is 42.7 Å². The SMILES string of the molecule is CCOOCc1ccc(C)c(-c2ccc(C(=O)Nc3c(F)cncc3F)s2)c1. The molecule has 0 fully saturated rings. The Bertz CT molecular complexity index is 971. The summed E-state index contributed by atoms with van der Waals surface area (Å²) in [5.74, 6) is -2.44. The third kappa shape index (κ3) is 4.59. The van der Waals surface area contributed by atoms with Gasteiger partial charge in [-0.05, 0) is 48.7 Å². The fourth-order valence-electron chi connectivity index (χ4n) is 2.53. The zero-order valence-electron chi connectivity index (χ0n) is 15.3. The Morgan fingerprint density at radius 2 is 1.89 bits per heavy atom. The number of aromatic nitrogens is 1. The molecule has 0 saturated carbocycles. The van der Waals surface area contributed by atoms with Crippen LogP contribution in [-0.4, -0.2) is 17.5 Å². The molecule has 5 nitrogen and oxygen atoms in total. The van der Waals surface area contributed by atoms with E-state index in [-0.39, 0.29) is 0 Å². The minimum absolute atomic E-state index is 0.306. The third-order valence-electron chi connectivity index (χ3n) is 3.92. The summed E-state index contributed by atoms with van der Waals surface area (Å²) in [6, 6.07) is 9.28. The lowest BCUT2D eigenvalue weighted by atomic mass is 10.0. The average Bonchev–Trinajstić information content (AvgIpc) is 3.16. The first-order valence-corrected chi connectivity index (χ1v) is 9.35. The molecule has 2 heterocycles. The van der Waals surface area contributed by atoms with Gasteiger partial charge in [-0.15, -0.1) is 11.3 Å². The molecule has 28 heavy (non-hydrogen) atoms. The summed E-state index contributed by atoms with van der Waals surface area (Å²) < 4.78 is 27.4. The minimum atomic E-state index is -0.928. The number of rotatable bonds is 7. The molecule has 1 amide bonds. The van der Waals surface area contributed by atoms with Crippen LogP contribution >= 0.6 is 11.3 Å². The molecular formula is C20H18F2N2O3S. The fourth-order valence-corrected chi connectivity index (χ4v) is 3.51. The van der Waals surface area contributed by atoms with E-state index in [0.29, 0.717) is 18.1 Å². The van der Waals surface area contributed by atoms with Crippen molar-refractivity contribution in [2.45, 2.75) is 20.5 Å². The van der Waals surface area contributed by atoms with Crippen LogP contribution in [0.3, 0.4) is 0 Å². The summed E-state index contributed by atoms with van der Waals surface area (Å²) in [6.45, 7) is 4.56. The van der Waals surface area contributed by atoms with Gasteiger partial charge in [0.1, 0.15) is 12.3 Å². The molecule has 0 bridgehead atoms. The van der Waals surface area contributed by atoms with Crippen LogP contribution in [0.2, 0.25) is 0 Å². The maximum Gasteiger partial charge on any atom is 0.265 e. The van der Waals surface area contributed by atoms with Crippen molar-refractivity contribution in [1.82, 2.24) is 4.98 Å². The standard InChI is InChI=1S/C20H18F2N2O3S/c1-3-26-27-11-13-5-4-12(2)14(8-13)17-6-7-18(28-17)20(25)24-19-15(21)9-23-10-16(19)22/h4-10H,3,11H2,1-2H3,(H,23,24,25). The average molecular weight is 404 g/mol. The molecule has 0 atom stereocenters. The van der Waals surface area contributed by atoms with Crippen LogP contribution in [-0.2, 0) is 16.4 Å². The highest BCUT2D eigenvalue weighted by Crippen LogP contribution is 2.32. The second-order valence-electron chi connectivity index (χ2n) is 5.91. The third-order valence-corrected chi connectivity index (χ3v) is 5.03. The second kappa shape index (κ2) is 9.01. The number of anilines is 1. The van der Waals surface area contributed by atoms with Crippen LogP contribution in [0, 0.1) is 18.6 Å². The number of amides is 1. The summed E-state index contributed by atoms with van der Waals surface area (Å²) >= 11 is 1.23. The van der Waals surface area contributed by atoms with Gasteiger partial charge in [-0.3, -0.25) is 9.78 Å². The zero-order chi connectivity index (χ0) is 20.1.